The fourth-order valence-corrected chi connectivity index (χ4v) is 1.22. The molecular weight excluding hydrogens is 271 g/mol. The molecule has 0 saturated heterocycles. The van der Waals surface area contributed by atoms with E-state index in [1.807, 2.05) is 0 Å². The van der Waals surface area contributed by atoms with Crippen LogP contribution in [0.25, 0.3) is 0 Å². The van der Waals surface area contributed by atoms with Crippen molar-refractivity contribution in [2.24, 2.45) is 5.41 Å². The fraction of sp³-hybridized carbons (Fsp3) is 0.917. The first kappa shape index (κ1) is 18.1. The molecule has 0 aliphatic rings. The van der Waals surface area contributed by atoms with Gasteiger partial charge in [-0.2, -0.15) is 13.2 Å². The van der Waals surface area contributed by atoms with Crippen molar-refractivity contribution >= 4 is 5.97 Å². The van der Waals surface area contributed by atoms with E-state index in [2.05, 4.69) is 0 Å². The molecule has 7 heteroatoms. The van der Waals surface area contributed by atoms with Gasteiger partial charge in [0.15, 0.2) is 0 Å². The molecule has 0 radical (unpaired) electrons. The SMILES string of the molecule is CCC(C)(C)C(=O)OCCCC(F)(F)CC(F)(F)F. The smallest absolute Gasteiger partial charge is 0.394 e. The summed E-state index contributed by atoms with van der Waals surface area (Å²) in [6, 6.07) is 0. The molecule has 2 nitrogen and oxygen atoms in total. The van der Waals surface area contributed by atoms with Crippen LogP contribution in [0.1, 0.15) is 46.5 Å². The Hall–Kier alpha value is -0.880. The molecule has 0 amide bonds. The van der Waals surface area contributed by atoms with Crippen LogP contribution < -0.4 is 0 Å². The second kappa shape index (κ2) is 6.52. The monoisotopic (exact) mass is 290 g/mol. The van der Waals surface area contributed by atoms with Crippen molar-refractivity contribution in [2.75, 3.05) is 6.61 Å². The quantitative estimate of drug-likeness (QED) is 0.396. The van der Waals surface area contributed by atoms with Crippen molar-refractivity contribution in [3.05, 3.63) is 0 Å². The average molecular weight is 290 g/mol. The molecule has 0 aromatic rings. The number of ether oxygens (including phenoxy) is 1. The Morgan fingerprint density at radius 3 is 2.05 bits per heavy atom. The largest absolute Gasteiger partial charge is 0.465 e. The summed E-state index contributed by atoms with van der Waals surface area (Å²) in [5, 5.41) is 0. The molecule has 0 N–H and O–H groups in total. The van der Waals surface area contributed by atoms with Crippen LogP contribution in [-0.2, 0) is 9.53 Å². The lowest BCUT2D eigenvalue weighted by Gasteiger charge is -2.21. The summed E-state index contributed by atoms with van der Waals surface area (Å²) in [6.45, 7) is 4.77. The van der Waals surface area contributed by atoms with Gasteiger partial charge in [0.25, 0.3) is 5.92 Å². The second-order valence-electron chi connectivity index (χ2n) is 5.12. The molecule has 0 spiro atoms. The summed E-state index contributed by atoms with van der Waals surface area (Å²) in [7, 11) is 0. The zero-order valence-electron chi connectivity index (χ0n) is 11.2. The molecule has 0 aliphatic heterocycles. The normalized spacial score (nSPS) is 13.5. The minimum atomic E-state index is -4.90. The van der Waals surface area contributed by atoms with Gasteiger partial charge in [0, 0.05) is 6.42 Å². The van der Waals surface area contributed by atoms with E-state index in [1.54, 1.807) is 20.8 Å². The number of esters is 1. The first-order valence-electron chi connectivity index (χ1n) is 6.01. The first-order chi connectivity index (χ1) is 8.40. The molecule has 0 aromatic heterocycles. The topological polar surface area (TPSA) is 26.3 Å². The molecule has 19 heavy (non-hydrogen) atoms. The molecule has 0 bridgehead atoms. The Labute approximate surface area is 109 Å². The highest BCUT2D eigenvalue weighted by Crippen LogP contribution is 2.34. The van der Waals surface area contributed by atoms with E-state index in [0.717, 1.165) is 0 Å². The van der Waals surface area contributed by atoms with E-state index in [0.29, 0.717) is 6.42 Å². The summed E-state index contributed by atoms with van der Waals surface area (Å²) >= 11 is 0. The zero-order valence-corrected chi connectivity index (χ0v) is 11.2. The predicted octanol–water partition coefficient (Wildman–Crippen LogP) is 4.33. The lowest BCUT2D eigenvalue weighted by Crippen LogP contribution is -2.28. The molecule has 0 aromatic carbocycles. The van der Waals surface area contributed by atoms with Crippen molar-refractivity contribution in [1.29, 1.82) is 0 Å². The Kier molecular flexibility index (Phi) is 6.22. The van der Waals surface area contributed by atoms with Gasteiger partial charge in [-0.3, -0.25) is 4.79 Å². The maximum absolute atomic E-state index is 12.9. The first-order valence-corrected chi connectivity index (χ1v) is 6.01. The van der Waals surface area contributed by atoms with Gasteiger partial charge in [-0.1, -0.05) is 6.92 Å². The average Bonchev–Trinajstić information content (AvgIpc) is 2.20. The van der Waals surface area contributed by atoms with Crippen molar-refractivity contribution < 1.29 is 31.5 Å². The molecule has 114 valence electrons. The van der Waals surface area contributed by atoms with Crippen molar-refractivity contribution in [1.82, 2.24) is 0 Å². The van der Waals surface area contributed by atoms with Gasteiger partial charge in [-0.15, -0.1) is 0 Å². The molecular formula is C12H19F5O2. The Morgan fingerprint density at radius 2 is 1.63 bits per heavy atom. The number of rotatable bonds is 7. The number of carbonyl (C=O) groups is 1. The predicted molar refractivity (Wildman–Crippen MR) is 59.9 cm³/mol. The van der Waals surface area contributed by atoms with Gasteiger partial charge in [-0.05, 0) is 26.7 Å². The van der Waals surface area contributed by atoms with E-state index in [9.17, 15) is 26.7 Å². The Balaban J connectivity index is 4.02. The highest BCUT2D eigenvalue weighted by Gasteiger charge is 2.43. The minimum Gasteiger partial charge on any atom is -0.465 e. The summed E-state index contributed by atoms with van der Waals surface area (Å²) in [4.78, 5) is 11.5. The van der Waals surface area contributed by atoms with Gasteiger partial charge in [0.1, 0.15) is 6.42 Å². The van der Waals surface area contributed by atoms with Gasteiger partial charge in [0.05, 0.1) is 12.0 Å². The lowest BCUT2D eigenvalue weighted by molar-refractivity contribution is -0.190. The van der Waals surface area contributed by atoms with Crippen LogP contribution in [0.2, 0.25) is 0 Å². The Morgan fingerprint density at radius 1 is 1.11 bits per heavy atom. The molecule has 0 aliphatic carbocycles. The second-order valence-corrected chi connectivity index (χ2v) is 5.12. The van der Waals surface area contributed by atoms with E-state index in [-0.39, 0.29) is 13.0 Å². The van der Waals surface area contributed by atoms with Crippen LogP contribution in [-0.4, -0.2) is 24.7 Å². The fourth-order valence-electron chi connectivity index (χ4n) is 1.22. The van der Waals surface area contributed by atoms with Crippen molar-refractivity contribution in [3.63, 3.8) is 0 Å². The maximum atomic E-state index is 12.9. The molecule has 0 atom stereocenters. The molecule has 0 unspecified atom stereocenters. The van der Waals surface area contributed by atoms with Crippen LogP contribution in [0.3, 0.4) is 0 Å². The molecule has 0 rings (SSSR count). The van der Waals surface area contributed by atoms with Crippen molar-refractivity contribution in [3.8, 4) is 0 Å². The summed E-state index contributed by atoms with van der Waals surface area (Å²) < 4.78 is 66.0. The van der Waals surface area contributed by atoms with Crippen LogP contribution >= 0.6 is 0 Å². The van der Waals surface area contributed by atoms with E-state index < -0.39 is 36.3 Å². The highest BCUT2D eigenvalue weighted by atomic mass is 19.4. The van der Waals surface area contributed by atoms with Gasteiger partial charge in [-0.25, -0.2) is 8.78 Å². The van der Waals surface area contributed by atoms with E-state index in [4.69, 9.17) is 4.74 Å². The van der Waals surface area contributed by atoms with Crippen molar-refractivity contribution in [2.45, 2.75) is 58.6 Å². The van der Waals surface area contributed by atoms with E-state index >= 15 is 0 Å². The van der Waals surface area contributed by atoms with Crippen LogP contribution in [0.4, 0.5) is 22.0 Å². The number of hydrogen-bond donors (Lipinski definition) is 0. The summed E-state index contributed by atoms with van der Waals surface area (Å²) in [6.07, 6.45) is -7.77. The minimum absolute atomic E-state index is 0.296. The maximum Gasteiger partial charge on any atom is 0.394 e. The third kappa shape index (κ3) is 8.00. The van der Waals surface area contributed by atoms with E-state index in [1.165, 1.54) is 0 Å². The standard InChI is InChI=1S/C12H19F5O2/c1-4-10(2,3)9(18)19-7-5-6-11(13,14)8-12(15,16)17/h4-8H2,1-3H3. The van der Waals surface area contributed by atoms with Gasteiger partial charge >= 0.3 is 12.1 Å². The Bertz CT molecular complexity index is 297. The lowest BCUT2D eigenvalue weighted by atomic mass is 9.91. The molecule has 0 saturated carbocycles. The third-order valence-corrected chi connectivity index (χ3v) is 2.82. The third-order valence-electron chi connectivity index (χ3n) is 2.82. The summed E-state index contributed by atoms with van der Waals surface area (Å²) in [5.74, 6) is -4.35. The summed E-state index contributed by atoms with van der Waals surface area (Å²) in [5.41, 5.74) is -0.714. The zero-order chi connectivity index (χ0) is 15.3. The van der Waals surface area contributed by atoms with Crippen LogP contribution in [0, 0.1) is 5.41 Å². The molecule has 0 heterocycles. The number of hydrogen-bond acceptors (Lipinski definition) is 2. The van der Waals surface area contributed by atoms with Crippen LogP contribution in [0.15, 0.2) is 0 Å². The molecule has 0 fully saturated rings. The number of alkyl halides is 5. The van der Waals surface area contributed by atoms with Crippen LogP contribution in [0.5, 0.6) is 0 Å². The number of halogens is 5. The van der Waals surface area contributed by atoms with Gasteiger partial charge < -0.3 is 4.74 Å². The number of carbonyl (C=O) groups excluding carboxylic acids is 1. The highest BCUT2D eigenvalue weighted by molar-refractivity contribution is 5.75. The van der Waals surface area contributed by atoms with Gasteiger partial charge in [0.2, 0.25) is 0 Å².